The number of nitrogens with zero attached hydrogens (tertiary/aromatic N) is 4. The summed E-state index contributed by atoms with van der Waals surface area (Å²) in [4.78, 5) is 39.0. The van der Waals surface area contributed by atoms with Crippen molar-refractivity contribution in [1.29, 1.82) is 0 Å². The number of Topliss-reactive ketones (excluding diaryl/α,β-unsaturated/α-hetero) is 2. The Bertz CT molecular complexity index is 1480. The van der Waals surface area contributed by atoms with E-state index in [2.05, 4.69) is 8.75 Å². The van der Waals surface area contributed by atoms with Gasteiger partial charge in [-0.05, 0) is 12.1 Å². The van der Waals surface area contributed by atoms with Gasteiger partial charge in [0.25, 0.3) is 0 Å². The average Bonchev–Trinajstić information content (AvgIpc) is 3.39. The molecule has 0 spiro atoms. The van der Waals surface area contributed by atoms with Gasteiger partial charge < -0.3 is 0 Å². The Morgan fingerprint density at radius 3 is 1.94 bits per heavy atom. The topological polar surface area (TPSA) is 86.9 Å². The molecule has 0 aliphatic heterocycles. The molecule has 5 aromatic rings. The summed E-state index contributed by atoms with van der Waals surface area (Å²) in [6.45, 7) is -0.280. The van der Waals surface area contributed by atoms with Crippen LogP contribution in [0, 0.1) is 0 Å². The van der Waals surface area contributed by atoms with Gasteiger partial charge in [-0.15, -0.1) is 0 Å². The fourth-order valence-electron chi connectivity index (χ4n) is 3.67. The third-order valence-corrected chi connectivity index (χ3v) is 5.74. The van der Waals surface area contributed by atoms with Crippen LogP contribution in [0.5, 0.6) is 0 Å². The van der Waals surface area contributed by atoms with Gasteiger partial charge in [-0.1, -0.05) is 60.7 Å². The summed E-state index contributed by atoms with van der Waals surface area (Å²) in [6.07, 6.45) is 0. The number of ketones is 2. The highest BCUT2D eigenvalue weighted by Crippen LogP contribution is 2.24. The van der Waals surface area contributed by atoms with Crippen LogP contribution in [0.4, 0.5) is 0 Å². The molecule has 0 aliphatic carbocycles. The van der Waals surface area contributed by atoms with E-state index >= 15 is 0 Å². The largest absolute Gasteiger partial charge is 0.330 e. The molecule has 0 saturated heterocycles. The second-order valence-corrected chi connectivity index (χ2v) is 7.63. The van der Waals surface area contributed by atoms with Gasteiger partial charge in [0.2, 0.25) is 0 Å². The molecule has 2 heterocycles. The number of rotatable bonds is 6. The maximum absolute atomic E-state index is 13.4. The van der Waals surface area contributed by atoms with E-state index in [1.807, 2.05) is 12.1 Å². The van der Waals surface area contributed by atoms with Gasteiger partial charge in [0, 0.05) is 11.1 Å². The van der Waals surface area contributed by atoms with Gasteiger partial charge in [0.15, 0.2) is 11.6 Å². The van der Waals surface area contributed by atoms with E-state index < -0.39 is 5.69 Å². The lowest BCUT2D eigenvalue weighted by Crippen LogP contribution is -2.29. The van der Waals surface area contributed by atoms with E-state index in [-0.39, 0.29) is 24.7 Å². The van der Waals surface area contributed by atoms with E-state index in [1.54, 1.807) is 60.7 Å². The molecule has 31 heavy (non-hydrogen) atoms. The zero-order valence-corrected chi connectivity index (χ0v) is 17.1. The number of benzene rings is 3. The molecule has 7 nitrogen and oxygen atoms in total. The number of carbonyl (C=O) groups is 2. The van der Waals surface area contributed by atoms with Crippen molar-refractivity contribution in [1.82, 2.24) is 17.9 Å². The number of hydrogen-bond acceptors (Lipinski definition) is 6. The highest BCUT2D eigenvalue weighted by atomic mass is 32.1. The van der Waals surface area contributed by atoms with Crippen LogP contribution in [0.25, 0.3) is 22.1 Å². The highest BCUT2D eigenvalue weighted by molar-refractivity contribution is 7.00. The molecule has 0 fully saturated rings. The normalized spacial score (nSPS) is 11.2. The summed E-state index contributed by atoms with van der Waals surface area (Å²) in [5.41, 5.74) is 2.86. The number of hydrogen-bond donors (Lipinski definition) is 0. The fourth-order valence-corrected chi connectivity index (χ4v) is 4.21. The van der Waals surface area contributed by atoms with Crippen LogP contribution in [-0.2, 0) is 13.1 Å². The summed E-state index contributed by atoms with van der Waals surface area (Å²) in [7, 11) is 0. The third-order valence-electron chi connectivity index (χ3n) is 5.20. The first-order chi connectivity index (χ1) is 15.1. The lowest BCUT2D eigenvalue weighted by Gasteiger charge is -2.03. The standard InChI is InChI=1S/C23H16N4O3S/c28-19(15-7-3-1-4-8-15)13-26-18-12-11-17-21(25-31-24-17)22(18)27(23(26)30)14-20(29)16-9-5-2-6-10-16/h1-12H,13-14H2. The Balaban J connectivity index is 1.65. The van der Waals surface area contributed by atoms with Gasteiger partial charge in [0.05, 0.1) is 35.9 Å². The summed E-state index contributed by atoms with van der Waals surface area (Å²) in [5, 5.41) is 0. The zero-order chi connectivity index (χ0) is 21.4. The Morgan fingerprint density at radius 2 is 1.32 bits per heavy atom. The van der Waals surface area contributed by atoms with Crippen molar-refractivity contribution in [2.45, 2.75) is 13.1 Å². The minimum absolute atomic E-state index is 0.130. The predicted molar refractivity (Wildman–Crippen MR) is 119 cm³/mol. The Labute approximate surface area is 180 Å². The second-order valence-electron chi connectivity index (χ2n) is 7.10. The molecule has 0 radical (unpaired) electrons. The summed E-state index contributed by atoms with van der Waals surface area (Å²) < 4.78 is 11.4. The highest BCUT2D eigenvalue weighted by Gasteiger charge is 2.21. The molecule has 0 N–H and O–H groups in total. The number of aromatic nitrogens is 4. The summed E-state index contributed by atoms with van der Waals surface area (Å²) in [6, 6.07) is 21.2. The first-order valence-electron chi connectivity index (χ1n) is 9.64. The molecular weight excluding hydrogens is 412 g/mol. The molecule has 152 valence electrons. The quantitative estimate of drug-likeness (QED) is 0.386. The monoisotopic (exact) mass is 428 g/mol. The molecule has 8 heteroatoms. The molecule has 3 aromatic carbocycles. The third kappa shape index (κ3) is 3.36. The summed E-state index contributed by atoms with van der Waals surface area (Å²) >= 11 is 1.04. The molecule has 0 atom stereocenters. The fraction of sp³-hybridized carbons (Fsp3) is 0.0870. The first-order valence-corrected chi connectivity index (χ1v) is 10.4. The van der Waals surface area contributed by atoms with Crippen LogP contribution in [0.3, 0.4) is 0 Å². The lowest BCUT2D eigenvalue weighted by molar-refractivity contribution is 0.0970. The molecule has 5 rings (SSSR count). The maximum atomic E-state index is 13.4. The smallest absolute Gasteiger partial charge is 0.292 e. The summed E-state index contributed by atoms with van der Waals surface area (Å²) in [5.74, 6) is -0.385. The van der Waals surface area contributed by atoms with E-state index in [0.717, 1.165) is 11.7 Å². The van der Waals surface area contributed by atoms with E-state index in [9.17, 15) is 14.4 Å². The molecule has 2 aromatic heterocycles. The molecule has 0 aliphatic rings. The molecule has 0 amide bonds. The van der Waals surface area contributed by atoms with E-state index in [1.165, 1.54) is 9.13 Å². The lowest BCUT2D eigenvalue weighted by atomic mass is 10.1. The van der Waals surface area contributed by atoms with Gasteiger partial charge >= 0.3 is 5.69 Å². The van der Waals surface area contributed by atoms with Crippen molar-refractivity contribution in [2.24, 2.45) is 0 Å². The number of fused-ring (bicyclic) bond motifs is 3. The predicted octanol–water partition coefficient (Wildman–Crippen LogP) is 3.57. The Kier molecular flexibility index (Phi) is 4.76. The Hall–Kier alpha value is -3.91. The van der Waals surface area contributed by atoms with Crippen LogP contribution < -0.4 is 5.69 Å². The zero-order valence-electron chi connectivity index (χ0n) is 16.3. The average molecular weight is 428 g/mol. The van der Waals surface area contributed by atoms with Crippen molar-refractivity contribution in [3.8, 4) is 0 Å². The van der Waals surface area contributed by atoms with Gasteiger partial charge in [-0.2, -0.15) is 8.75 Å². The number of imidazole rings is 1. The van der Waals surface area contributed by atoms with Crippen LogP contribution in [0.2, 0.25) is 0 Å². The first kappa shape index (κ1) is 19.1. The SMILES string of the molecule is O=C(Cn1c(=O)n(CC(=O)c2ccccc2)c2c3nsnc3ccc21)c1ccccc1. The van der Waals surface area contributed by atoms with E-state index in [0.29, 0.717) is 33.2 Å². The van der Waals surface area contributed by atoms with Gasteiger partial charge in [-0.25, -0.2) is 4.79 Å². The van der Waals surface area contributed by atoms with Crippen molar-refractivity contribution in [3.05, 3.63) is 94.4 Å². The van der Waals surface area contributed by atoms with Crippen LogP contribution in [-0.4, -0.2) is 29.4 Å². The van der Waals surface area contributed by atoms with Crippen LogP contribution in [0.1, 0.15) is 20.7 Å². The molecular formula is C23H16N4O3S. The molecule has 0 saturated carbocycles. The van der Waals surface area contributed by atoms with Crippen LogP contribution >= 0.6 is 11.7 Å². The minimum Gasteiger partial charge on any atom is -0.292 e. The van der Waals surface area contributed by atoms with E-state index in [4.69, 9.17) is 0 Å². The van der Waals surface area contributed by atoms with Gasteiger partial charge in [-0.3, -0.25) is 18.7 Å². The molecule has 0 unspecified atom stereocenters. The Morgan fingerprint density at radius 1 is 0.742 bits per heavy atom. The van der Waals surface area contributed by atoms with Crippen molar-refractivity contribution >= 4 is 45.4 Å². The molecule has 0 bridgehead atoms. The maximum Gasteiger partial charge on any atom is 0.330 e. The second kappa shape index (κ2) is 7.73. The van der Waals surface area contributed by atoms with Crippen LogP contribution in [0.15, 0.2) is 77.6 Å². The minimum atomic E-state index is -0.427. The van der Waals surface area contributed by atoms with Crippen molar-refractivity contribution < 1.29 is 9.59 Å². The van der Waals surface area contributed by atoms with Gasteiger partial charge in [0.1, 0.15) is 11.0 Å². The van der Waals surface area contributed by atoms with Crippen molar-refractivity contribution in [2.75, 3.05) is 0 Å². The van der Waals surface area contributed by atoms with Crippen molar-refractivity contribution in [3.63, 3.8) is 0 Å². The number of carbonyl (C=O) groups excluding carboxylic acids is 2.